The van der Waals surface area contributed by atoms with Crippen molar-refractivity contribution < 1.29 is 4.79 Å². The second-order valence-corrected chi connectivity index (χ2v) is 3.88. The van der Waals surface area contributed by atoms with Gasteiger partial charge >= 0.3 is 0 Å². The highest BCUT2D eigenvalue weighted by Crippen LogP contribution is 2.20. The Morgan fingerprint density at radius 1 is 1.35 bits per heavy atom. The first-order valence-corrected chi connectivity index (χ1v) is 6.45. The second-order valence-electron chi connectivity index (χ2n) is 3.88. The minimum atomic E-state index is 0.0658. The van der Waals surface area contributed by atoms with Crippen LogP contribution in [0.15, 0.2) is 35.6 Å². The Hall–Kier alpha value is -1.31. The van der Waals surface area contributed by atoms with E-state index in [-0.39, 0.29) is 5.91 Å². The van der Waals surface area contributed by atoms with Crippen LogP contribution in [0.5, 0.6) is 0 Å². The second kappa shape index (κ2) is 8.80. The lowest BCUT2D eigenvalue weighted by Gasteiger charge is -2.21. The van der Waals surface area contributed by atoms with E-state index in [0.29, 0.717) is 0 Å². The van der Waals surface area contributed by atoms with Gasteiger partial charge in [-0.25, -0.2) is 0 Å². The van der Waals surface area contributed by atoms with Gasteiger partial charge in [0.05, 0.1) is 0 Å². The van der Waals surface area contributed by atoms with Crippen LogP contribution in [-0.4, -0.2) is 17.9 Å². The molecule has 1 aliphatic rings. The summed E-state index contributed by atoms with van der Waals surface area (Å²) in [4.78, 5) is 13.4. The van der Waals surface area contributed by atoms with Crippen molar-refractivity contribution in [3.05, 3.63) is 35.6 Å². The fourth-order valence-corrected chi connectivity index (χ4v) is 1.48. The molecule has 0 fully saturated rings. The van der Waals surface area contributed by atoms with E-state index >= 15 is 0 Å². The van der Waals surface area contributed by atoms with Crippen molar-refractivity contribution >= 4 is 5.91 Å². The van der Waals surface area contributed by atoms with Gasteiger partial charge in [0, 0.05) is 12.7 Å². The molecule has 96 valence electrons. The third kappa shape index (κ3) is 5.53. The molecule has 17 heavy (non-hydrogen) atoms. The smallest absolute Gasteiger partial charge is 0.250 e. The zero-order valence-corrected chi connectivity index (χ0v) is 11.8. The van der Waals surface area contributed by atoms with Crippen LogP contribution in [0.2, 0.25) is 0 Å². The number of allylic oxidation sites excluding steroid dienone is 5. The topological polar surface area (TPSA) is 20.3 Å². The van der Waals surface area contributed by atoms with E-state index in [1.165, 1.54) is 5.57 Å². The molecule has 1 amide bonds. The first-order chi connectivity index (χ1) is 8.15. The van der Waals surface area contributed by atoms with Crippen LogP contribution in [0.4, 0.5) is 0 Å². The first-order valence-electron chi connectivity index (χ1n) is 6.45. The molecule has 0 spiro atoms. The van der Waals surface area contributed by atoms with Gasteiger partial charge in [0.2, 0.25) is 5.91 Å². The van der Waals surface area contributed by atoms with E-state index in [1.54, 1.807) is 11.0 Å². The zero-order valence-electron chi connectivity index (χ0n) is 11.8. The standard InChI is InChI=1S/C13H19NO.C2H6/c1-4-5-6-13(15)14(3)12-9-7-11(2)8-10-12;1-2/h5-7,9H,4,8,10H2,1-3H3;1-2H3/b6-5-;. The summed E-state index contributed by atoms with van der Waals surface area (Å²) in [5, 5.41) is 0. The first kappa shape index (κ1) is 15.7. The highest BCUT2D eigenvalue weighted by atomic mass is 16.2. The molecule has 0 radical (unpaired) electrons. The summed E-state index contributed by atoms with van der Waals surface area (Å²) < 4.78 is 0. The molecular formula is C15H25NO. The fraction of sp³-hybridized carbons (Fsp3) is 0.533. The molecule has 0 N–H and O–H groups in total. The lowest BCUT2D eigenvalue weighted by atomic mass is 10.0. The molecule has 0 aromatic heterocycles. The Labute approximate surface area is 106 Å². The number of carbonyl (C=O) groups is 1. The van der Waals surface area contributed by atoms with Crippen molar-refractivity contribution in [2.45, 2.75) is 47.0 Å². The summed E-state index contributed by atoms with van der Waals surface area (Å²) in [5.41, 5.74) is 2.48. The maximum Gasteiger partial charge on any atom is 0.250 e. The Morgan fingerprint density at radius 2 is 2.00 bits per heavy atom. The average molecular weight is 235 g/mol. The van der Waals surface area contributed by atoms with Crippen molar-refractivity contribution in [1.82, 2.24) is 4.90 Å². The summed E-state index contributed by atoms with van der Waals surface area (Å²) in [6, 6.07) is 0. The maximum absolute atomic E-state index is 11.7. The van der Waals surface area contributed by atoms with E-state index in [9.17, 15) is 4.79 Å². The van der Waals surface area contributed by atoms with Gasteiger partial charge in [0.1, 0.15) is 0 Å². The molecule has 0 aromatic carbocycles. The molecule has 0 aliphatic heterocycles. The quantitative estimate of drug-likeness (QED) is 0.675. The largest absolute Gasteiger partial charge is 0.316 e. The molecular weight excluding hydrogens is 210 g/mol. The molecule has 1 aliphatic carbocycles. The summed E-state index contributed by atoms with van der Waals surface area (Å²) in [5.74, 6) is 0.0658. The summed E-state index contributed by atoms with van der Waals surface area (Å²) in [6.45, 7) is 8.14. The number of likely N-dealkylation sites (N-methyl/N-ethyl adjacent to an activating group) is 1. The van der Waals surface area contributed by atoms with Crippen molar-refractivity contribution in [2.24, 2.45) is 0 Å². The van der Waals surface area contributed by atoms with Crippen molar-refractivity contribution in [1.29, 1.82) is 0 Å². The molecule has 0 aromatic rings. The molecule has 0 heterocycles. The molecule has 1 rings (SSSR count). The summed E-state index contributed by atoms with van der Waals surface area (Å²) in [6.07, 6.45) is 10.6. The van der Waals surface area contributed by atoms with Crippen molar-refractivity contribution in [2.75, 3.05) is 7.05 Å². The van der Waals surface area contributed by atoms with Gasteiger partial charge in [-0.3, -0.25) is 4.79 Å². The predicted molar refractivity (Wildman–Crippen MR) is 74.6 cm³/mol. The van der Waals surface area contributed by atoms with E-state index in [4.69, 9.17) is 0 Å². The Morgan fingerprint density at radius 3 is 2.47 bits per heavy atom. The van der Waals surface area contributed by atoms with Gasteiger partial charge in [-0.2, -0.15) is 0 Å². The predicted octanol–water partition coefficient (Wildman–Crippen LogP) is 4.06. The third-order valence-corrected chi connectivity index (χ3v) is 2.59. The number of hydrogen-bond donors (Lipinski definition) is 0. The Balaban J connectivity index is 0.00000121. The lowest BCUT2D eigenvalue weighted by molar-refractivity contribution is -0.123. The normalized spacial score (nSPS) is 14.6. The zero-order chi connectivity index (χ0) is 13.3. The Bertz CT molecular complexity index is 324. The van der Waals surface area contributed by atoms with Crippen LogP contribution in [0.1, 0.15) is 47.0 Å². The molecule has 0 atom stereocenters. The van der Waals surface area contributed by atoms with Gasteiger partial charge in [0.15, 0.2) is 0 Å². The van der Waals surface area contributed by atoms with Crippen molar-refractivity contribution in [3.63, 3.8) is 0 Å². The fourth-order valence-electron chi connectivity index (χ4n) is 1.48. The SMILES string of the molecule is CC.CC/C=C\C(=O)N(C)C1=CC=C(C)CC1. The maximum atomic E-state index is 11.7. The van der Waals surface area contributed by atoms with Crippen LogP contribution in [0.3, 0.4) is 0 Å². The Kier molecular flexibility index (Phi) is 8.12. The van der Waals surface area contributed by atoms with Crippen LogP contribution >= 0.6 is 0 Å². The number of hydrogen-bond acceptors (Lipinski definition) is 1. The summed E-state index contributed by atoms with van der Waals surface area (Å²) in [7, 11) is 1.84. The number of carbonyl (C=O) groups excluding carboxylic acids is 1. The third-order valence-electron chi connectivity index (χ3n) is 2.59. The van der Waals surface area contributed by atoms with Gasteiger partial charge in [-0.1, -0.05) is 38.5 Å². The van der Waals surface area contributed by atoms with Gasteiger partial charge in [-0.05, 0) is 38.3 Å². The minimum absolute atomic E-state index is 0.0658. The van der Waals surface area contributed by atoms with Crippen LogP contribution in [0, 0.1) is 0 Å². The lowest BCUT2D eigenvalue weighted by Crippen LogP contribution is -2.24. The number of rotatable bonds is 3. The minimum Gasteiger partial charge on any atom is -0.316 e. The van der Waals surface area contributed by atoms with E-state index in [0.717, 1.165) is 25.0 Å². The molecule has 2 nitrogen and oxygen atoms in total. The average Bonchev–Trinajstić information content (AvgIpc) is 2.38. The summed E-state index contributed by atoms with van der Waals surface area (Å²) >= 11 is 0. The molecule has 0 bridgehead atoms. The molecule has 0 unspecified atom stereocenters. The highest BCUT2D eigenvalue weighted by Gasteiger charge is 2.12. The number of amides is 1. The highest BCUT2D eigenvalue weighted by molar-refractivity contribution is 5.88. The van der Waals surface area contributed by atoms with Gasteiger partial charge in [0.25, 0.3) is 0 Å². The molecule has 2 heteroatoms. The van der Waals surface area contributed by atoms with Gasteiger partial charge < -0.3 is 4.90 Å². The monoisotopic (exact) mass is 235 g/mol. The molecule has 0 saturated heterocycles. The number of nitrogens with zero attached hydrogens (tertiary/aromatic N) is 1. The van der Waals surface area contributed by atoms with Gasteiger partial charge in [-0.15, -0.1) is 0 Å². The van der Waals surface area contributed by atoms with E-state index < -0.39 is 0 Å². The van der Waals surface area contributed by atoms with E-state index in [1.807, 2.05) is 40.0 Å². The van der Waals surface area contributed by atoms with Crippen LogP contribution in [-0.2, 0) is 4.79 Å². The molecule has 0 saturated carbocycles. The van der Waals surface area contributed by atoms with Crippen LogP contribution < -0.4 is 0 Å². The van der Waals surface area contributed by atoms with Crippen molar-refractivity contribution in [3.8, 4) is 0 Å². The van der Waals surface area contributed by atoms with E-state index in [2.05, 4.69) is 13.0 Å². The van der Waals surface area contributed by atoms with Crippen LogP contribution in [0.25, 0.3) is 0 Å².